The number of aliphatic hydroxyl groups excluding tert-OH is 1. The van der Waals surface area contributed by atoms with Gasteiger partial charge in [0.1, 0.15) is 23.9 Å². The molecule has 0 saturated carbocycles. The van der Waals surface area contributed by atoms with Crippen molar-refractivity contribution in [2.45, 2.75) is 142 Å². The average Bonchev–Trinajstić information content (AvgIpc) is 3.42. The molecular weight excluding hydrogens is 738 g/mol. The minimum absolute atomic E-state index is 0.0331. The number of methoxy groups -OCH3 is 1. The van der Waals surface area contributed by atoms with Crippen LogP contribution in [0.15, 0.2) is 24.3 Å². The van der Waals surface area contributed by atoms with Crippen LogP contribution in [-0.2, 0) is 42.8 Å². The van der Waals surface area contributed by atoms with Gasteiger partial charge in [-0.25, -0.2) is 9.59 Å². The quantitative estimate of drug-likeness (QED) is 0.138. The summed E-state index contributed by atoms with van der Waals surface area (Å²) in [6.45, 7) is 15.6. The highest BCUT2D eigenvalue weighted by atomic mass is 16.7. The molecule has 1 aromatic rings. The predicted molar refractivity (Wildman–Crippen MR) is 210 cm³/mol. The summed E-state index contributed by atoms with van der Waals surface area (Å²) in [4.78, 5) is 72.4. The van der Waals surface area contributed by atoms with Crippen LogP contribution in [0.3, 0.4) is 0 Å². The van der Waals surface area contributed by atoms with Gasteiger partial charge >= 0.3 is 18.2 Å². The molecule has 3 saturated heterocycles. The van der Waals surface area contributed by atoms with Crippen LogP contribution in [0.2, 0.25) is 0 Å². The molecule has 3 heterocycles. The topological polar surface area (TPSA) is 179 Å². The fourth-order valence-electron chi connectivity index (χ4n) is 8.99. The van der Waals surface area contributed by atoms with E-state index in [0.717, 1.165) is 5.56 Å². The average molecular weight is 804 g/mol. The fraction of sp³-hybridized carbons (Fsp3) is 0.738. The molecule has 15 heteroatoms. The number of carbonyl (C=O) groups excluding carboxylic acids is 5. The van der Waals surface area contributed by atoms with E-state index in [1.807, 2.05) is 51.0 Å². The first-order valence-electron chi connectivity index (χ1n) is 20.2. The van der Waals surface area contributed by atoms with Crippen LogP contribution in [0.5, 0.6) is 0 Å². The number of hydrogen-bond acceptors (Lipinski definition) is 13. The highest BCUT2D eigenvalue weighted by Crippen LogP contribution is 2.43. The van der Waals surface area contributed by atoms with Crippen molar-refractivity contribution in [2.24, 2.45) is 23.7 Å². The smallest absolute Gasteiger partial charge is 0.411 e. The first-order chi connectivity index (χ1) is 26.7. The molecule has 57 heavy (non-hydrogen) atoms. The van der Waals surface area contributed by atoms with Gasteiger partial charge in [-0.2, -0.15) is 0 Å². The Morgan fingerprint density at radius 2 is 1.74 bits per heavy atom. The van der Waals surface area contributed by atoms with Gasteiger partial charge < -0.3 is 43.3 Å². The molecule has 3 aliphatic heterocycles. The Kier molecular flexibility index (Phi) is 15.3. The molecule has 320 valence electrons. The third-order valence-corrected chi connectivity index (χ3v) is 12.2. The molecule has 3 fully saturated rings. The molecule has 1 aromatic carbocycles. The molecular formula is C42H65N3O12. The summed E-state index contributed by atoms with van der Waals surface area (Å²) in [5, 5.41) is 14.1. The Labute approximate surface area is 337 Å². The summed E-state index contributed by atoms with van der Waals surface area (Å²) in [6.07, 6.45) is -4.87. The van der Waals surface area contributed by atoms with Gasteiger partial charge in [0, 0.05) is 43.1 Å². The summed E-state index contributed by atoms with van der Waals surface area (Å²) in [5.41, 5.74) is -1.23. The third-order valence-electron chi connectivity index (χ3n) is 12.2. The zero-order valence-electron chi connectivity index (χ0n) is 35.7. The standard InChI is InChI=1S/C42H65N3O12/c1-13-31-42(9)35(45(40(51)57-42)18-15-19-53-39(50)43-29-17-14-16-23(2)20-29)26(5)32(46)24(3)22-41(8,52-12)36(27(6)33(47)28(7)37(49)55-31)56-38-34(48)30(44(10)11)21-25(4)54-38/h14,16-17,20,24-28,30-31,34-36,38,48H,13,15,18-19,21-22H2,1-12H3,(H,43,50)/t24-,25-,26+,27+,28-,30+,31-,34-,35-,36-,38+,41-,42-/m1/s1. The minimum atomic E-state index is -1.48. The molecule has 0 spiro atoms. The lowest BCUT2D eigenvalue weighted by Gasteiger charge is -2.47. The van der Waals surface area contributed by atoms with Crippen LogP contribution in [0, 0.1) is 30.6 Å². The van der Waals surface area contributed by atoms with E-state index < -0.39 is 89.5 Å². The maximum atomic E-state index is 14.6. The highest BCUT2D eigenvalue weighted by molar-refractivity contribution is 6.00. The first kappa shape index (κ1) is 46.1. The van der Waals surface area contributed by atoms with Crippen molar-refractivity contribution >= 4 is 35.4 Å². The Balaban J connectivity index is 1.66. The normalized spacial score (nSPS) is 36.9. The highest BCUT2D eigenvalue weighted by Gasteiger charge is 2.60. The summed E-state index contributed by atoms with van der Waals surface area (Å²) >= 11 is 0. The van der Waals surface area contributed by atoms with Crippen molar-refractivity contribution in [3.63, 3.8) is 0 Å². The second-order valence-corrected chi connectivity index (χ2v) is 16.9. The number of cyclic esters (lactones) is 1. The number of nitrogens with one attached hydrogen (secondary N) is 1. The zero-order chi connectivity index (χ0) is 42.6. The van der Waals surface area contributed by atoms with E-state index in [9.17, 15) is 29.1 Å². The monoisotopic (exact) mass is 803 g/mol. The number of aryl methyl sites for hydroxylation is 1. The molecule has 13 atom stereocenters. The van der Waals surface area contributed by atoms with Crippen molar-refractivity contribution < 1.29 is 57.5 Å². The van der Waals surface area contributed by atoms with Gasteiger partial charge in [0.2, 0.25) is 0 Å². The van der Waals surface area contributed by atoms with Gasteiger partial charge in [0.05, 0.1) is 30.5 Å². The van der Waals surface area contributed by atoms with Gasteiger partial charge in [-0.3, -0.25) is 19.7 Å². The van der Waals surface area contributed by atoms with E-state index in [2.05, 4.69) is 5.32 Å². The Hall–Kier alpha value is -3.63. The molecule has 3 aliphatic rings. The number of hydrogen-bond donors (Lipinski definition) is 2. The molecule has 4 rings (SSSR count). The number of benzene rings is 1. The predicted octanol–water partition coefficient (Wildman–Crippen LogP) is 5.14. The van der Waals surface area contributed by atoms with E-state index in [4.69, 9.17) is 28.4 Å². The van der Waals surface area contributed by atoms with E-state index in [-0.39, 0.29) is 50.3 Å². The van der Waals surface area contributed by atoms with Crippen LogP contribution >= 0.6 is 0 Å². The van der Waals surface area contributed by atoms with Crippen molar-refractivity contribution in [3.05, 3.63) is 29.8 Å². The molecule has 0 radical (unpaired) electrons. The molecule has 0 unspecified atom stereocenters. The second-order valence-electron chi connectivity index (χ2n) is 16.9. The number of Topliss-reactive ketones (excluding diaryl/α,β-unsaturated/α-hetero) is 2. The summed E-state index contributed by atoms with van der Waals surface area (Å²) < 4.78 is 36.4. The molecule has 0 aliphatic carbocycles. The van der Waals surface area contributed by atoms with Gasteiger partial charge in [0.25, 0.3) is 0 Å². The van der Waals surface area contributed by atoms with Crippen LogP contribution < -0.4 is 5.32 Å². The van der Waals surface area contributed by atoms with Crippen molar-refractivity contribution in [1.29, 1.82) is 0 Å². The Morgan fingerprint density at radius 3 is 2.35 bits per heavy atom. The van der Waals surface area contributed by atoms with E-state index in [0.29, 0.717) is 12.1 Å². The summed E-state index contributed by atoms with van der Waals surface area (Å²) in [7, 11) is 5.18. The number of anilines is 1. The van der Waals surface area contributed by atoms with Crippen LogP contribution in [0.4, 0.5) is 15.3 Å². The number of ketones is 2. The fourth-order valence-corrected chi connectivity index (χ4v) is 8.99. The van der Waals surface area contributed by atoms with Crippen molar-refractivity contribution in [3.8, 4) is 0 Å². The summed E-state index contributed by atoms with van der Waals surface area (Å²) in [5.74, 6) is -5.29. The first-order valence-corrected chi connectivity index (χ1v) is 20.2. The van der Waals surface area contributed by atoms with Gasteiger partial charge in [-0.05, 0) is 92.1 Å². The number of aliphatic hydroxyl groups is 1. The van der Waals surface area contributed by atoms with Crippen molar-refractivity contribution in [1.82, 2.24) is 9.80 Å². The largest absolute Gasteiger partial charge is 0.458 e. The van der Waals surface area contributed by atoms with Gasteiger partial charge in [-0.15, -0.1) is 0 Å². The molecule has 2 N–H and O–H groups in total. The number of nitrogens with zero attached hydrogens (tertiary/aromatic N) is 2. The van der Waals surface area contributed by atoms with Crippen molar-refractivity contribution in [2.75, 3.05) is 39.7 Å². The Bertz CT molecular complexity index is 1610. The lowest BCUT2D eigenvalue weighted by molar-refractivity contribution is -0.295. The maximum absolute atomic E-state index is 14.6. The molecule has 2 amide bonds. The number of fused-ring (bicyclic) bond motifs is 1. The minimum Gasteiger partial charge on any atom is -0.458 e. The van der Waals surface area contributed by atoms with E-state index in [1.54, 1.807) is 47.6 Å². The number of ether oxygens (including phenoxy) is 6. The summed E-state index contributed by atoms with van der Waals surface area (Å²) in [6, 6.07) is 6.08. The lowest BCUT2D eigenvalue weighted by atomic mass is 9.73. The van der Waals surface area contributed by atoms with Gasteiger partial charge in [-0.1, -0.05) is 39.8 Å². The zero-order valence-corrected chi connectivity index (χ0v) is 35.7. The van der Waals surface area contributed by atoms with Crippen LogP contribution in [-0.4, -0.2) is 133 Å². The lowest BCUT2D eigenvalue weighted by Crippen LogP contribution is -2.60. The van der Waals surface area contributed by atoms with Crippen LogP contribution in [0.25, 0.3) is 0 Å². The number of esters is 1. The SMILES string of the molecule is CC[C@H]1OC(=O)[C@H](C)C(=O)[C@H](C)[C@@H](O[C@@H]2O[C@H](C)C[C@H](N(C)C)[C@H]2O)[C@](C)(OC)C[C@@H](C)C(=O)[C@H](C)[C@H]2N(CCCOC(=O)Nc3cccc(C)c3)C(=O)O[C@]12C. The van der Waals surface area contributed by atoms with E-state index >= 15 is 0 Å². The van der Waals surface area contributed by atoms with Gasteiger partial charge in [0.15, 0.2) is 17.7 Å². The maximum Gasteiger partial charge on any atom is 0.411 e. The molecule has 0 aromatic heterocycles. The number of carbonyl (C=O) groups is 5. The second kappa shape index (κ2) is 19.0. The number of amides is 2. The third kappa shape index (κ3) is 10.2. The number of rotatable bonds is 10. The van der Waals surface area contributed by atoms with Crippen LogP contribution in [0.1, 0.15) is 86.6 Å². The van der Waals surface area contributed by atoms with E-state index in [1.165, 1.54) is 18.9 Å². The number of likely N-dealkylation sites (N-methyl/N-ethyl adjacent to an activating group) is 1. The molecule has 15 nitrogen and oxygen atoms in total. The molecule has 0 bridgehead atoms. The Morgan fingerprint density at radius 1 is 1.05 bits per heavy atom.